The van der Waals surface area contributed by atoms with Crippen molar-refractivity contribution < 1.29 is 18.3 Å². The van der Waals surface area contributed by atoms with Gasteiger partial charge in [-0.3, -0.25) is 0 Å². The highest BCUT2D eigenvalue weighted by molar-refractivity contribution is 7.90. The molecule has 0 aromatic carbocycles. The molecule has 1 fully saturated rings. The van der Waals surface area contributed by atoms with Gasteiger partial charge in [-0.2, -0.15) is 0 Å². The van der Waals surface area contributed by atoms with E-state index in [0.29, 0.717) is 13.2 Å². The summed E-state index contributed by atoms with van der Waals surface area (Å²) in [6.07, 6.45) is 2.06. The van der Waals surface area contributed by atoms with E-state index in [2.05, 4.69) is 0 Å². The average Bonchev–Trinajstić information content (AvgIpc) is 2.50. The van der Waals surface area contributed by atoms with Crippen LogP contribution < -0.4 is 0 Å². The first-order chi connectivity index (χ1) is 6.03. The molecular formula is C8H16O4S. The van der Waals surface area contributed by atoms with Crippen LogP contribution in [0, 0.1) is 11.8 Å². The lowest BCUT2D eigenvalue weighted by atomic mass is 9.94. The molecule has 0 spiro atoms. The van der Waals surface area contributed by atoms with Gasteiger partial charge in [0.05, 0.1) is 5.75 Å². The molecule has 1 rings (SSSR count). The molecule has 0 saturated carbocycles. The van der Waals surface area contributed by atoms with Crippen LogP contribution in [0.15, 0.2) is 0 Å². The Hall–Kier alpha value is -0.130. The summed E-state index contributed by atoms with van der Waals surface area (Å²) < 4.78 is 27.2. The summed E-state index contributed by atoms with van der Waals surface area (Å²) in [5.41, 5.74) is 0. The molecule has 1 saturated heterocycles. The minimum atomic E-state index is -2.99. The molecular weight excluding hydrogens is 192 g/mol. The normalized spacial score (nSPS) is 26.2. The maximum Gasteiger partial charge on any atom is 0.147 e. The number of aliphatic hydroxyl groups is 1. The fraction of sp³-hybridized carbons (Fsp3) is 1.00. The zero-order valence-corrected chi connectivity index (χ0v) is 8.59. The second kappa shape index (κ2) is 4.39. The molecule has 2 atom stereocenters. The maximum atomic E-state index is 11.0. The van der Waals surface area contributed by atoms with E-state index in [-0.39, 0.29) is 24.2 Å². The van der Waals surface area contributed by atoms with Gasteiger partial charge in [0.15, 0.2) is 0 Å². The van der Waals surface area contributed by atoms with Gasteiger partial charge in [-0.25, -0.2) is 8.42 Å². The largest absolute Gasteiger partial charge is 0.396 e. The summed E-state index contributed by atoms with van der Waals surface area (Å²) in [4.78, 5) is 0. The van der Waals surface area contributed by atoms with Gasteiger partial charge in [-0.15, -0.1) is 0 Å². The highest BCUT2D eigenvalue weighted by Crippen LogP contribution is 2.22. The third-order valence-corrected chi connectivity index (χ3v) is 3.42. The molecule has 1 aliphatic heterocycles. The van der Waals surface area contributed by atoms with Crippen molar-refractivity contribution in [2.24, 2.45) is 11.8 Å². The predicted octanol–water partition coefficient (Wildman–Crippen LogP) is -0.324. The van der Waals surface area contributed by atoms with Gasteiger partial charge in [0.1, 0.15) is 9.84 Å². The quantitative estimate of drug-likeness (QED) is 0.687. The van der Waals surface area contributed by atoms with Crippen molar-refractivity contribution in [1.82, 2.24) is 0 Å². The molecule has 1 heterocycles. The highest BCUT2D eigenvalue weighted by atomic mass is 32.2. The van der Waals surface area contributed by atoms with Crippen molar-refractivity contribution in [3.63, 3.8) is 0 Å². The molecule has 0 aromatic heterocycles. The summed E-state index contributed by atoms with van der Waals surface area (Å²) in [6, 6.07) is 0. The molecule has 0 aromatic rings. The van der Waals surface area contributed by atoms with Crippen LogP contribution in [-0.4, -0.2) is 45.4 Å². The lowest BCUT2D eigenvalue weighted by Gasteiger charge is -2.18. The van der Waals surface area contributed by atoms with Crippen molar-refractivity contribution in [3.05, 3.63) is 0 Å². The standard InChI is InChI=1S/C8H16O4S/c1-13(10,11)6-8(4-9)7-2-3-12-5-7/h7-9H,2-6H2,1H3. The van der Waals surface area contributed by atoms with Gasteiger partial charge >= 0.3 is 0 Å². The minimum Gasteiger partial charge on any atom is -0.396 e. The zero-order chi connectivity index (χ0) is 9.90. The summed E-state index contributed by atoms with van der Waals surface area (Å²) >= 11 is 0. The van der Waals surface area contributed by atoms with E-state index in [1.54, 1.807) is 0 Å². The van der Waals surface area contributed by atoms with Gasteiger partial charge in [0, 0.05) is 32.0 Å². The number of hydrogen-bond acceptors (Lipinski definition) is 4. The Morgan fingerprint density at radius 1 is 1.62 bits per heavy atom. The van der Waals surface area contributed by atoms with Crippen molar-refractivity contribution in [2.75, 3.05) is 31.8 Å². The summed E-state index contributed by atoms with van der Waals surface area (Å²) in [6.45, 7) is 1.20. The van der Waals surface area contributed by atoms with Crippen LogP contribution in [0.2, 0.25) is 0 Å². The number of aliphatic hydroxyl groups excluding tert-OH is 1. The Labute approximate surface area is 78.8 Å². The Kier molecular flexibility index (Phi) is 3.70. The summed E-state index contributed by atoms with van der Waals surface area (Å²) in [5, 5.41) is 9.03. The van der Waals surface area contributed by atoms with Crippen molar-refractivity contribution >= 4 is 9.84 Å². The number of rotatable bonds is 4. The van der Waals surface area contributed by atoms with Gasteiger partial charge in [-0.05, 0) is 12.3 Å². The molecule has 13 heavy (non-hydrogen) atoms. The van der Waals surface area contributed by atoms with Crippen LogP contribution in [0.5, 0.6) is 0 Å². The smallest absolute Gasteiger partial charge is 0.147 e. The van der Waals surface area contributed by atoms with E-state index >= 15 is 0 Å². The monoisotopic (exact) mass is 208 g/mol. The van der Waals surface area contributed by atoms with E-state index < -0.39 is 9.84 Å². The molecule has 5 heteroatoms. The second-order valence-electron chi connectivity index (χ2n) is 3.66. The maximum absolute atomic E-state index is 11.0. The van der Waals surface area contributed by atoms with Crippen LogP contribution in [0.25, 0.3) is 0 Å². The highest BCUT2D eigenvalue weighted by Gasteiger charge is 2.27. The third kappa shape index (κ3) is 3.62. The van der Waals surface area contributed by atoms with Crippen molar-refractivity contribution in [2.45, 2.75) is 6.42 Å². The van der Waals surface area contributed by atoms with Gasteiger partial charge in [-0.1, -0.05) is 0 Å². The SMILES string of the molecule is CS(=O)(=O)CC(CO)C1CCOC1. The fourth-order valence-corrected chi connectivity index (χ4v) is 2.81. The molecule has 0 amide bonds. The first-order valence-electron chi connectivity index (χ1n) is 4.39. The first kappa shape index (κ1) is 10.9. The topological polar surface area (TPSA) is 63.6 Å². The molecule has 0 bridgehead atoms. The van der Waals surface area contributed by atoms with Gasteiger partial charge < -0.3 is 9.84 Å². The molecule has 1 aliphatic rings. The Morgan fingerprint density at radius 2 is 2.31 bits per heavy atom. The number of hydrogen-bond donors (Lipinski definition) is 1. The summed E-state index contributed by atoms with van der Waals surface area (Å²) in [5.74, 6) is 0.120. The molecule has 78 valence electrons. The Balaban J connectivity index is 2.51. The van der Waals surface area contributed by atoms with E-state index in [1.807, 2.05) is 0 Å². The molecule has 1 N–H and O–H groups in total. The van der Waals surface area contributed by atoms with Crippen molar-refractivity contribution in [3.8, 4) is 0 Å². The van der Waals surface area contributed by atoms with Crippen LogP contribution in [0.3, 0.4) is 0 Å². The lowest BCUT2D eigenvalue weighted by molar-refractivity contribution is 0.148. The Bertz CT molecular complexity index is 241. The average molecular weight is 208 g/mol. The van der Waals surface area contributed by atoms with Crippen LogP contribution >= 0.6 is 0 Å². The molecule has 0 aliphatic carbocycles. The Morgan fingerprint density at radius 3 is 2.69 bits per heavy atom. The van der Waals surface area contributed by atoms with Crippen LogP contribution in [0.4, 0.5) is 0 Å². The van der Waals surface area contributed by atoms with Crippen LogP contribution in [0.1, 0.15) is 6.42 Å². The molecule has 0 radical (unpaired) electrons. The summed E-state index contributed by atoms with van der Waals surface area (Å²) in [7, 11) is -2.99. The second-order valence-corrected chi connectivity index (χ2v) is 5.84. The first-order valence-corrected chi connectivity index (χ1v) is 6.45. The number of sulfone groups is 1. The molecule has 4 nitrogen and oxygen atoms in total. The minimum absolute atomic E-state index is 0.0670. The lowest BCUT2D eigenvalue weighted by Crippen LogP contribution is -2.26. The molecule has 2 unspecified atom stereocenters. The van der Waals surface area contributed by atoms with Crippen LogP contribution in [-0.2, 0) is 14.6 Å². The van der Waals surface area contributed by atoms with E-state index in [9.17, 15) is 8.42 Å². The van der Waals surface area contributed by atoms with E-state index in [1.165, 1.54) is 6.26 Å². The van der Waals surface area contributed by atoms with Gasteiger partial charge in [0.2, 0.25) is 0 Å². The van der Waals surface area contributed by atoms with E-state index in [0.717, 1.165) is 6.42 Å². The zero-order valence-electron chi connectivity index (χ0n) is 7.77. The third-order valence-electron chi connectivity index (χ3n) is 2.38. The van der Waals surface area contributed by atoms with E-state index in [4.69, 9.17) is 9.84 Å². The predicted molar refractivity (Wildman–Crippen MR) is 49.2 cm³/mol. The van der Waals surface area contributed by atoms with Gasteiger partial charge in [0.25, 0.3) is 0 Å². The fourth-order valence-electron chi connectivity index (χ4n) is 1.65. The van der Waals surface area contributed by atoms with Crippen molar-refractivity contribution in [1.29, 1.82) is 0 Å². The number of ether oxygens (including phenoxy) is 1.